The van der Waals surface area contributed by atoms with E-state index in [-0.39, 0.29) is 5.41 Å². The van der Waals surface area contributed by atoms with Gasteiger partial charge in [0, 0.05) is 42.8 Å². The summed E-state index contributed by atoms with van der Waals surface area (Å²) in [6.45, 7) is 5.31. The van der Waals surface area contributed by atoms with Crippen molar-refractivity contribution in [2.24, 2.45) is 0 Å². The first-order valence-corrected chi connectivity index (χ1v) is 6.38. The average molecular weight is 242 g/mol. The van der Waals surface area contributed by atoms with Crippen LogP contribution in [0, 0.1) is 0 Å². The molecule has 4 heteroatoms. The summed E-state index contributed by atoms with van der Waals surface area (Å²) in [5.74, 6) is 0. The van der Waals surface area contributed by atoms with Crippen molar-refractivity contribution in [3.63, 3.8) is 0 Å². The molecule has 0 radical (unpaired) electrons. The van der Waals surface area contributed by atoms with E-state index in [0.29, 0.717) is 0 Å². The predicted molar refractivity (Wildman–Crippen MR) is 70.4 cm³/mol. The second-order valence-corrected chi connectivity index (χ2v) is 5.25. The van der Waals surface area contributed by atoms with Gasteiger partial charge in [-0.15, -0.1) is 0 Å². The molecular formula is C14H18N4. The zero-order valence-corrected chi connectivity index (χ0v) is 10.6. The van der Waals surface area contributed by atoms with Crippen LogP contribution in [0.2, 0.25) is 0 Å². The van der Waals surface area contributed by atoms with Gasteiger partial charge < -0.3 is 9.88 Å². The van der Waals surface area contributed by atoms with Gasteiger partial charge in [0.15, 0.2) is 0 Å². The summed E-state index contributed by atoms with van der Waals surface area (Å²) in [6, 6.07) is 4.11. The van der Waals surface area contributed by atoms with Gasteiger partial charge in [-0.1, -0.05) is 6.92 Å². The van der Waals surface area contributed by atoms with E-state index in [4.69, 9.17) is 0 Å². The lowest BCUT2D eigenvalue weighted by Gasteiger charge is -2.24. The molecule has 94 valence electrons. The summed E-state index contributed by atoms with van der Waals surface area (Å²) in [4.78, 5) is 8.38. The fourth-order valence-electron chi connectivity index (χ4n) is 2.67. The molecule has 0 aliphatic carbocycles. The Hall–Kier alpha value is -1.68. The molecule has 0 bridgehead atoms. The predicted octanol–water partition coefficient (Wildman–Crippen LogP) is 1.58. The van der Waals surface area contributed by atoms with E-state index in [1.54, 1.807) is 0 Å². The normalized spacial score (nSPS) is 23.4. The molecule has 0 saturated carbocycles. The Balaban J connectivity index is 1.88. The first kappa shape index (κ1) is 11.4. The summed E-state index contributed by atoms with van der Waals surface area (Å²) in [5.41, 5.74) is 2.80. The van der Waals surface area contributed by atoms with Crippen molar-refractivity contribution in [2.75, 3.05) is 13.1 Å². The molecule has 1 N–H and O–H groups in total. The van der Waals surface area contributed by atoms with Gasteiger partial charge >= 0.3 is 0 Å². The molecule has 4 nitrogen and oxygen atoms in total. The minimum atomic E-state index is 0.212. The van der Waals surface area contributed by atoms with Gasteiger partial charge in [-0.2, -0.15) is 0 Å². The van der Waals surface area contributed by atoms with E-state index < -0.39 is 0 Å². The highest BCUT2D eigenvalue weighted by molar-refractivity contribution is 5.20. The lowest BCUT2D eigenvalue weighted by molar-refractivity contribution is 0.481. The van der Waals surface area contributed by atoms with Gasteiger partial charge in [0.05, 0.1) is 6.33 Å². The molecule has 18 heavy (non-hydrogen) atoms. The topological polar surface area (TPSA) is 42.7 Å². The molecule has 1 aliphatic heterocycles. The van der Waals surface area contributed by atoms with Crippen molar-refractivity contribution >= 4 is 0 Å². The second-order valence-electron chi connectivity index (χ2n) is 5.25. The third-order valence-electron chi connectivity index (χ3n) is 3.80. The largest absolute Gasteiger partial charge is 0.330 e. The highest BCUT2D eigenvalue weighted by Crippen LogP contribution is 2.30. The molecule has 3 heterocycles. The fourth-order valence-corrected chi connectivity index (χ4v) is 2.67. The lowest BCUT2D eigenvalue weighted by atomic mass is 9.86. The molecule has 0 spiro atoms. The maximum absolute atomic E-state index is 4.33. The summed E-state index contributed by atoms with van der Waals surface area (Å²) < 4.78 is 2.25. The summed E-state index contributed by atoms with van der Waals surface area (Å²) in [6.07, 6.45) is 8.79. The minimum Gasteiger partial charge on any atom is -0.330 e. The molecule has 0 amide bonds. The average Bonchev–Trinajstić information content (AvgIpc) is 3.00. The first-order valence-electron chi connectivity index (χ1n) is 6.38. The molecule has 1 unspecified atom stereocenters. The molecule has 2 aromatic heterocycles. The van der Waals surface area contributed by atoms with Crippen LogP contribution in [0.5, 0.6) is 0 Å². The maximum Gasteiger partial charge on any atom is 0.0951 e. The molecule has 3 rings (SSSR count). The van der Waals surface area contributed by atoms with Crippen LogP contribution in [0.25, 0.3) is 0 Å². The molecule has 1 saturated heterocycles. The Labute approximate surface area is 107 Å². The van der Waals surface area contributed by atoms with Crippen LogP contribution in [-0.2, 0) is 12.0 Å². The summed E-state index contributed by atoms with van der Waals surface area (Å²) in [7, 11) is 0. The van der Waals surface area contributed by atoms with Gasteiger partial charge in [0.25, 0.3) is 0 Å². The van der Waals surface area contributed by atoms with E-state index >= 15 is 0 Å². The third kappa shape index (κ3) is 2.04. The second kappa shape index (κ2) is 4.53. The van der Waals surface area contributed by atoms with Crippen molar-refractivity contribution < 1.29 is 0 Å². The van der Waals surface area contributed by atoms with Crippen LogP contribution in [-0.4, -0.2) is 27.6 Å². The van der Waals surface area contributed by atoms with E-state index in [0.717, 1.165) is 19.6 Å². The van der Waals surface area contributed by atoms with Crippen molar-refractivity contribution in [3.05, 3.63) is 48.3 Å². The Bertz CT molecular complexity index is 512. The third-order valence-corrected chi connectivity index (χ3v) is 3.80. The number of nitrogens with zero attached hydrogens (tertiary/aromatic N) is 3. The van der Waals surface area contributed by atoms with Crippen molar-refractivity contribution in [2.45, 2.75) is 25.3 Å². The van der Waals surface area contributed by atoms with Crippen LogP contribution in [0.4, 0.5) is 0 Å². The molecule has 1 fully saturated rings. The Morgan fingerprint density at radius 2 is 2.17 bits per heavy atom. The van der Waals surface area contributed by atoms with Crippen LogP contribution in [0.15, 0.2) is 37.1 Å². The number of nitrogens with one attached hydrogen (secondary N) is 1. The van der Waals surface area contributed by atoms with Gasteiger partial charge in [-0.25, -0.2) is 4.98 Å². The fraction of sp³-hybridized carbons (Fsp3) is 0.429. The standard InChI is InChI=1S/C14H18N4/c1-14(4-7-16-10-14)13-8-17-11-18(13)9-12-2-5-15-6-3-12/h2-3,5-6,8,11,16H,4,7,9-10H2,1H3. The van der Waals surface area contributed by atoms with Gasteiger partial charge in [-0.3, -0.25) is 4.98 Å². The van der Waals surface area contributed by atoms with Crippen LogP contribution in [0.1, 0.15) is 24.6 Å². The maximum atomic E-state index is 4.33. The Kier molecular flexibility index (Phi) is 2.88. The smallest absolute Gasteiger partial charge is 0.0951 e. The van der Waals surface area contributed by atoms with Crippen molar-refractivity contribution in [1.82, 2.24) is 19.9 Å². The first-order chi connectivity index (χ1) is 8.78. The molecule has 2 aromatic rings. The van der Waals surface area contributed by atoms with Gasteiger partial charge in [0.1, 0.15) is 0 Å². The Morgan fingerprint density at radius 3 is 2.89 bits per heavy atom. The monoisotopic (exact) mass is 242 g/mol. The van der Waals surface area contributed by atoms with E-state index in [1.165, 1.54) is 17.7 Å². The molecule has 0 aromatic carbocycles. The number of hydrogen-bond acceptors (Lipinski definition) is 3. The number of rotatable bonds is 3. The zero-order valence-electron chi connectivity index (χ0n) is 10.6. The lowest BCUT2D eigenvalue weighted by Crippen LogP contribution is -2.28. The number of hydrogen-bond donors (Lipinski definition) is 1. The van der Waals surface area contributed by atoms with Crippen LogP contribution in [0.3, 0.4) is 0 Å². The van der Waals surface area contributed by atoms with Crippen molar-refractivity contribution in [3.8, 4) is 0 Å². The van der Waals surface area contributed by atoms with Crippen LogP contribution < -0.4 is 5.32 Å². The highest BCUT2D eigenvalue weighted by atomic mass is 15.1. The Morgan fingerprint density at radius 1 is 1.33 bits per heavy atom. The molecular weight excluding hydrogens is 224 g/mol. The van der Waals surface area contributed by atoms with Crippen molar-refractivity contribution in [1.29, 1.82) is 0 Å². The highest BCUT2D eigenvalue weighted by Gasteiger charge is 2.33. The van der Waals surface area contributed by atoms with E-state index in [1.807, 2.05) is 24.9 Å². The van der Waals surface area contributed by atoms with E-state index in [9.17, 15) is 0 Å². The quantitative estimate of drug-likeness (QED) is 0.888. The summed E-state index contributed by atoms with van der Waals surface area (Å²) in [5, 5.41) is 3.44. The van der Waals surface area contributed by atoms with Gasteiger partial charge in [0.2, 0.25) is 0 Å². The molecule has 1 atom stereocenters. The molecule has 1 aliphatic rings. The van der Waals surface area contributed by atoms with Gasteiger partial charge in [-0.05, 0) is 30.7 Å². The SMILES string of the molecule is CC1(c2cncn2Cc2ccncc2)CCNC1. The number of pyridine rings is 1. The zero-order chi connectivity index (χ0) is 12.4. The minimum absolute atomic E-state index is 0.212. The number of aromatic nitrogens is 3. The number of imidazole rings is 1. The van der Waals surface area contributed by atoms with Crippen LogP contribution >= 0.6 is 0 Å². The summed E-state index contributed by atoms with van der Waals surface area (Å²) >= 11 is 0. The van der Waals surface area contributed by atoms with E-state index in [2.05, 4.69) is 38.9 Å².